The first-order chi connectivity index (χ1) is 12.3. The van der Waals surface area contributed by atoms with Crippen molar-refractivity contribution in [2.45, 2.75) is 33.8 Å². The van der Waals surface area contributed by atoms with Crippen molar-refractivity contribution in [3.63, 3.8) is 0 Å². The van der Waals surface area contributed by atoms with Crippen molar-refractivity contribution >= 4 is 16.1 Å². The second-order valence-corrected chi connectivity index (χ2v) is 8.32. The van der Waals surface area contributed by atoms with Crippen LogP contribution < -0.4 is 4.74 Å². The standard InChI is InChI=1S/C18H29N3O4S/c1-5-20(6-2)26(23,24)21-13-11-19(12-14-21)18(22)16(4)25-17-9-7-15(3)8-10-17/h7-10,16H,5-6,11-14H2,1-4H3. The minimum absolute atomic E-state index is 0.120. The zero-order chi connectivity index (χ0) is 19.3. The maximum atomic E-state index is 12.6. The van der Waals surface area contributed by atoms with Crippen molar-refractivity contribution in [1.29, 1.82) is 0 Å². The summed E-state index contributed by atoms with van der Waals surface area (Å²) in [5.41, 5.74) is 1.13. The number of amides is 1. The van der Waals surface area contributed by atoms with Crippen molar-refractivity contribution in [1.82, 2.24) is 13.5 Å². The average molecular weight is 384 g/mol. The predicted molar refractivity (Wildman–Crippen MR) is 101 cm³/mol. The molecule has 26 heavy (non-hydrogen) atoms. The smallest absolute Gasteiger partial charge is 0.282 e. The number of nitrogens with zero attached hydrogens (tertiary/aromatic N) is 3. The lowest BCUT2D eigenvalue weighted by atomic mass is 10.2. The molecule has 1 atom stereocenters. The van der Waals surface area contributed by atoms with Crippen LogP contribution >= 0.6 is 0 Å². The highest BCUT2D eigenvalue weighted by molar-refractivity contribution is 7.86. The third-order valence-electron chi connectivity index (χ3n) is 4.59. The Morgan fingerprint density at radius 1 is 1.12 bits per heavy atom. The quantitative estimate of drug-likeness (QED) is 0.715. The van der Waals surface area contributed by atoms with Crippen LogP contribution in [0.5, 0.6) is 5.75 Å². The topological polar surface area (TPSA) is 70.2 Å². The summed E-state index contributed by atoms with van der Waals surface area (Å²) in [5.74, 6) is 0.532. The molecule has 1 unspecified atom stereocenters. The van der Waals surface area contributed by atoms with Crippen LogP contribution in [-0.2, 0) is 15.0 Å². The Bertz CT molecular complexity index is 694. The van der Waals surface area contributed by atoms with Crippen molar-refractivity contribution in [3.05, 3.63) is 29.8 Å². The number of aryl methyl sites for hydroxylation is 1. The number of ether oxygens (including phenoxy) is 1. The summed E-state index contributed by atoms with van der Waals surface area (Å²) < 4.78 is 33.7. The Kier molecular flexibility index (Phi) is 7.02. The summed E-state index contributed by atoms with van der Waals surface area (Å²) in [6, 6.07) is 7.55. The number of carbonyl (C=O) groups excluding carboxylic acids is 1. The van der Waals surface area contributed by atoms with Crippen LogP contribution in [0.25, 0.3) is 0 Å². The van der Waals surface area contributed by atoms with E-state index < -0.39 is 16.3 Å². The molecule has 0 aromatic heterocycles. The van der Waals surface area contributed by atoms with E-state index in [9.17, 15) is 13.2 Å². The molecule has 0 aliphatic carbocycles. The zero-order valence-corrected chi connectivity index (χ0v) is 16.8. The molecular formula is C18H29N3O4S. The van der Waals surface area contributed by atoms with E-state index in [0.29, 0.717) is 45.0 Å². The first kappa shape index (κ1) is 20.7. The van der Waals surface area contributed by atoms with E-state index in [-0.39, 0.29) is 5.91 Å². The average Bonchev–Trinajstić information content (AvgIpc) is 2.64. The highest BCUT2D eigenvalue weighted by Gasteiger charge is 2.33. The Balaban J connectivity index is 1.92. The molecule has 0 bridgehead atoms. The van der Waals surface area contributed by atoms with Gasteiger partial charge in [0, 0.05) is 39.3 Å². The van der Waals surface area contributed by atoms with Gasteiger partial charge in [0.25, 0.3) is 16.1 Å². The van der Waals surface area contributed by atoms with Gasteiger partial charge in [-0.05, 0) is 26.0 Å². The van der Waals surface area contributed by atoms with E-state index in [1.807, 2.05) is 45.0 Å². The molecule has 1 saturated heterocycles. The van der Waals surface area contributed by atoms with Gasteiger partial charge in [0.15, 0.2) is 6.10 Å². The fraction of sp³-hybridized carbons (Fsp3) is 0.611. The molecule has 8 heteroatoms. The van der Waals surface area contributed by atoms with Crippen molar-refractivity contribution in [3.8, 4) is 5.75 Å². The normalized spacial score (nSPS) is 17.3. The number of piperazine rings is 1. The van der Waals surface area contributed by atoms with Crippen LogP contribution in [0.2, 0.25) is 0 Å². The Labute approximate surface area is 156 Å². The van der Waals surface area contributed by atoms with Gasteiger partial charge in [-0.3, -0.25) is 4.79 Å². The maximum absolute atomic E-state index is 12.6. The first-order valence-electron chi connectivity index (χ1n) is 9.07. The maximum Gasteiger partial charge on any atom is 0.282 e. The van der Waals surface area contributed by atoms with E-state index in [4.69, 9.17) is 4.74 Å². The van der Waals surface area contributed by atoms with Crippen LogP contribution in [0.15, 0.2) is 24.3 Å². The molecule has 1 heterocycles. The SMILES string of the molecule is CCN(CC)S(=O)(=O)N1CCN(C(=O)C(C)Oc2ccc(C)cc2)CC1. The number of carbonyl (C=O) groups is 1. The fourth-order valence-electron chi connectivity index (χ4n) is 2.98. The molecule has 2 rings (SSSR count). The molecule has 7 nitrogen and oxygen atoms in total. The Morgan fingerprint density at radius 2 is 1.65 bits per heavy atom. The van der Waals surface area contributed by atoms with Gasteiger partial charge >= 0.3 is 0 Å². The van der Waals surface area contributed by atoms with E-state index >= 15 is 0 Å². The van der Waals surface area contributed by atoms with Crippen LogP contribution in [0, 0.1) is 6.92 Å². The van der Waals surface area contributed by atoms with Crippen molar-refractivity contribution < 1.29 is 17.9 Å². The highest BCUT2D eigenvalue weighted by atomic mass is 32.2. The van der Waals surface area contributed by atoms with Crippen LogP contribution in [0.4, 0.5) is 0 Å². The third-order valence-corrected chi connectivity index (χ3v) is 6.78. The summed E-state index contributed by atoms with van der Waals surface area (Å²) in [5, 5.41) is 0. The summed E-state index contributed by atoms with van der Waals surface area (Å²) in [6.07, 6.45) is -0.608. The predicted octanol–water partition coefficient (Wildman–Crippen LogP) is 1.49. The molecule has 1 aromatic rings. The molecule has 146 valence electrons. The van der Waals surface area contributed by atoms with Crippen LogP contribution in [-0.4, -0.2) is 73.2 Å². The summed E-state index contributed by atoms with van der Waals surface area (Å²) in [7, 11) is -3.45. The largest absolute Gasteiger partial charge is 0.481 e. The second kappa shape index (κ2) is 8.83. The molecule has 1 aliphatic rings. The lowest BCUT2D eigenvalue weighted by Crippen LogP contribution is -2.55. The number of rotatable bonds is 7. The van der Waals surface area contributed by atoms with Crippen LogP contribution in [0.3, 0.4) is 0 Å². The Hall–Kier alpha value is -1.64. The Morgan fingerprint density at radius 3 is 2.15 bits per heavy atom. The lowest BCUT2D eigenvalue weighted by molar-refractivity contribution is -0.139. The van der Waals surface area contributed by atoms with Gasteiger partial charge < -0.3 is 9.64 Å². The molecular weight excluding hydrogens is 354 g/mol. The molecule has 0 N–H and O–H groups in total. The third kappa shape index (κ3) is 4.75. The van der Waals surface area contributed by atoms with Crippen LogP contribution in [0.1, 0.15) is 26.3 Å². The van der Waals surface area contributed by atoms with Crippen molar-refractivity contribution in [2.24, 2.45) is 0 Å². The number of benzene rings is 1. The molecule has 1 aromatic carbocycles. The summed E-state index contributed by atoms with van der Waals surface area (Å²) >= 11 is 0. The molecule has 1 amide bonds. The van der Waals surface area contributed by atoms with Crippen molar-refractivity contribution in [2.75, 3.05) is 39.3 Å². The molecule has 1 aliphatic heterocycles. The summed E-state index contributed by atoms with van der Waals surface area (Å²) in [4.78, 5) is 14.3. The summed E-state index contributed by atoms with van der Waals surface area (Å²) in [6.45, 7) is 9.62. The first-order valence-corrected chi connectivity index (χ1v) is 10.5. The van der Waals surface area contributed by atoms with Gasteiger partial charge in [0.05, 0.1) is 0 Å². The zero-order valence-electron chi connectivity index (χ0n) is 16.0. The minimum atomic E-state index is -3.45. The molecule has 1 fully saturated rings. The monoisotopic (exact) mass is 383 g/mol. The van der Waals surface area contributed by atoms with E-state index in [0.717, 1.165) is 5.56 Å². The van der Waals surface area contributed by atoms with E-state index in [1.165, 1.54) is 8.61 Å². The van der Waals surface area contributed by atoms with Gasteiger partial charge in [-0.2, -0.15) is 17.0 Å². The highest BCUT2D eigenvalue weighted by Crippen LogP contribution is 2.16. The van der Waals surface area contributed by atoms with Gasteiger partial charge in [-0.25, -0.2) is 0 Å². The van der Waals surface area contributed by atoms with Gasteiger partial charge in [-0.15, -0.1) is 0 Å². The van der Waals surface area contributed by atoms with E-state index in [2.05, 4.69) is 0 Å². The number of hydrogen-bond donors (Lipinski definition) is 0. The lowest BCUT2D eigenvalue weighted by Gasteiger charge is -2.37. The number of hydrogen-bond acceptors (Lipinski definition) is 4. The molecule has 0 spiro atoms. The fourth-order valence-corrected chi connectivity index (χ4v) is 4.58. The van der Waals surface area contributed by atoms with Gasteiger partial charge in [0.2, 0.25) is 0 Å². The van der Waals surface area contributed by atoms with Gasteiger partial charge in [-0.1, -0.05) is 31.5 Å². The van der Waals surface area contributed by atoms with E-state index in [1.54, 1.807) is 11.8 Å². The van der Waals surface area contributed by atoms with Gasteiger partial charge in [0.1, 0.15) is 5.75 Å². The molecule has 0 saturated carbocycles. The minimum Gasteiger partial charge on any atom is -0.481 e. The molecule has 0 radical (unpaired) electrons. The second-order valence-electron chi connectivity index (χ2n) is 6.39.